The number of phenols is 2. The van der Waals surface area contributed by atoms with Crippen molar-refractivity contribution in [3.8, 4) is 23.0 Å². The Hall–Kier alpha value is -5.37. The van der Waals surface area contributed by atoms with Crippen molar-refractivity contribution in [2.75, 3.05) is 13.2 Å². The fourth-order valence-electron chi connectivity index (χ4n) is 3.78. The summed E-state index contributed by atoms with van der Waals surface area (Å²) in [5.41, 5.74) is 1.10. The van der Waals surface area contributed by atoms with Gasteiger partial charge in [0.05, 0.1) is 11.1 Å². The Morgan fingerprint density at radius 1 is 0.675 bits per heavy atom. The van der Waals surface area contributed by atoms with E-state index in [1.54, 1.807) is 60.7 Å². The zero-order valence-corrected chi connectivity index (χ0v) is 21.4. The van der Waals surface area contributed by atoms with Gasteiger partial charge in [0.25, 0.3) is 0 Å². The lowest BCUT2D eigenvalue weighted by atomic mass is 10.0. The minimum Gasteiger partial charge on any atom is -0.507 e. The molecular formula is C32H26O8. The number of ketones is 2. The molecule has 0 radical (unpaired) electrons. The molecule has 0 aliphatic heterocycles. The van der Waals surface area contributed by atoms with Gasteiger partial charge in [-0.15, -0.1) is 0 Å². The van der Waals surface area contributed by atoms with Crippen LogP contribution < -0.4 is 9.47 Å². The molecular weight excluding hydrogens is 512 g/mol. The van der Waals surface area contributed by atoms with Crippen molar-refractivity contribution < 1.29 is 38.8 Å². The third kappa shape index (κ3) is 6.93. The molecule has 0 bridgehead atoms. The number of benzene rings is 4. The van der Waals surface area contributed by atoms with Gasteiger partial charge in [-0.05, 0) is 24.3 Å². The third-order valence-electron chi connectivity index (χ3n) is 5.82. The minimum atomic E-state index is -0.897. The van der Waals surface area contributed by atoms with Crippen LogP contribution in [0, 0.1) is 0 Å². The van der Waals surface area contributed by atoms with Crippen LogP contribution in [0.4, 0.5) is 0 Å². The summed E-state index contributed by atoms with van der Waals surface area (Å²) in [6, 6.07) is 25.6. The average Bonchev–Trinajstić information content (AvgIpc) is 2.98. The van der Waals surface area contributed by atoms with E-state index in [1.165, 1.54) is 36.4 Å². The van der Waals surface area contributed by atoms with E-state index in [0.717, 1.165) is 6.08 Å². The topological polar surface area (TPSA) is 119 Å². The normalized spacial score (nSPS) is 10.5. The highest BCUT2D eigenvalue weighted by Crippen LogP contribution is 2.28. The van der Waals surface area contributed by atoms with Crippen LogP contribution in [0.1, 0.15) is 31.8 Å². The Kier molecular flexibility index (Phi) is 8.94. The second-order valence-electron chi connectivity index (χ2n) is 8.63. The van der Waals surface area contributed by atoms with E-state index in [1.807, 2.05) is 0 Å². The van der Waals surface area contributed by atoms with E-state index in [-0.39, 0.29) is 58.9 Å². The second kappa shape index (κ2) is 12.9. The summed E-state index contributed by atoms with van der Waals surface area (Å²) in [5, 5.41) is 20.8. The molecule has 0 spiro atoms. The molecule has 8 heteroatoms. The van der Waals surface area contributed by atoms with E-state index >= 15 is 0 Å². The van der Waals surface area contributed by atoms with E-state index in [0.29, 0.717) is 11.1 Å². The quantitative estimate of drug-likeness (QED) is 0.145. The Morgan fingerprint density at radius 2 is 1.10 bits per heavy atom. The number of hydrogen-bond acceptors (Lipinski definition) is 8. The fraction of sp³-hybridized carbons (Fsp3) is 0.0938. The summed E-state index contributed by atoms with van der Waals surface area (Å²) < 4.78 is 16.7. The molecule has 4 aromatic carbocycles. The Morgan fingerprint density at radius 3 is 1.48 bits per heavy atom. The molecule has 0 atom stereocenters. The Labute approximate surface area is 230 Å². The van der Waals surface area contributed by atoms with Gasteiger partial charge in [-0.25, -0.2) is 4.79 Å². The smallest absolute Gasteiger partial charge is 0.330 e. The van der Waals surface area contributed by atoms with Gasteiger partial charge in [-0.1, -0.05) is 67.2 Å². The maximum Gasteiger partial charge on any atom is 0.330 e. The summed E-state index contributed by atoms with van der Waals surface area (Å²) in [7, 11) is 0. The van der Waals surface area contributed by atoms with Crippen LogP contribution in [0.5, 0.6) is 23.0 Å². The van der Waals surface area contributed by atoms with Crippen LogP contribution in [-0.4, -0.2) is 47.1 Å². The van der Waals surface area contributed by atoms with Gasteiger partial charge in [0.1, 0.15) is 36.2 Å². The molecule has 2 N–H and O–H groups in total. The molecule has 4 aromatic rings. The number of carbonyl (C=O) groups excluding carboxylic acids is 3. The van der Waals surface area contributed by atoms with Gasteiger partial charge in [0.15, 0.2) is 17.7 Å². The molecule has 4 rings (SSSR count). The van der Waals surface area contributed by atoms with E-state index in [9.17, 15) is 24.6 Å². The predicted molar refractivity (Wildman–Crippen MR) is 147 cm³/mol. The van der Waals surface area contributed by atoms with Crippen LogP contribution in [0.2, 0.25) is 0 Å². The highest BCUT2D eigenvalue weighted by molar-refractivity contribution is 6.11. The Bertz CT molecular complexity index is 1410. The molecule has 0 aliphatic carbocycles. The second-order valence-corrected chi connectivity index (χ2v) is 8.63. The van der Waals surface area contributed by atoms with Crippen molar-refractivity contribution in [2.24, 2.45) is 0 Å². The number of esters is 1. The first kappa shape index (κ1) is 27.7. The lowest BCUT2D eigenvalue weighted by Gasteiger charge is -2.19. The van der Waals surface area contributed by atoms with Gasteiger partial charge in [0, 0.05) is 29.3 Å². The number of aromatic hydroxyl groups is 2. The summed E-state index contributed by atoms with van der Waals surface area (Å²) in [5.74, 6) is -1.42. The molecule has 40 heavy (non-hydrogen) atoms. The molecule has 0 amide bonds. The van der Waals surface area contributed by atoms with Gasteiger partial charge >= 0.3 is 5.97 Å². The number of ether oxygens (including phenoxy) is 3. The molecule has 202 valence electrons. The van der Waals surface area contributed by atoms with Crippen molar-refractivity contribution >= 4 is 17.5 Å². The number of carbonyl (C=O) groups is 3. The molecule has 0 aliphatic rings. The van der Waals surface area contributed by atoms with Crippen LogP contribution in [0.15, 0.2) is 110 Å². The zero-order valence-electron chi connectivity index (χ0n) is 21.4. The summed E-state index contributed by atoms with van der Waals surface area (Å²) in [6.45, 7) is 3.09. The van der Waals surface area contributed by atoms with Crippen molar-refractivity contribution in [1.29, 1.82) is 0 Å². The van der Waals surface area contributed by atoms with Crippen molar-refractivity contribution in [3.05, 3.63) is 132 Å². The molecule has 0 unspecified atom stereocenters. The van der Waals surface area contributed by atoms with Gasteiger partial charge < -0.3 is 24.4 Å². The van der Waals surface area contributed by atoms with Gasteiger partial charge in [-0.2, -0.15) is 0 Å². The molecule has 0 saturated carbocycles. The van der Waals surface area contributed by atoms with Crippen LogP contribution in [-0.2, 0) is 9.53 Å². The number of hydrogen-bond donors (Lipinski definition) is 2. The largest absolute Gasteiger partial charge is 0.507 e. The highest BCUT2D eigenvalue weighted by atomic mass is 16.6. The summed E-state index contributed by atoms with van der Waals surface area (Å²) >= 11 is 0. The molecule has 0 aromatic heterocycles. The van der Waals surface area contributed by atoms with E-state index in [4.69, 9.17) is 14.2 Å². The monoisotopic (exact) mass is 538 g/mol. The average molecular weight is 539 g/mol. The molecule has 0 fully saturated rings. The Balaban J connectivity index is 1.40. The SMILES string of the molecule is C=CC(=O)OC(COc1ccc(C(=O)c2ccccc2)c(O)c1)COc1ccc(C(=O)c2ccccc2)c(O)c1. The third-order valence-corrected chi connectivity index (χ3v) is 5.82. The van der Waals surface area contributed by atoms with Crippen LogP contribution >= 0.6 is 0 Å². The highest BCUT2D eigenvalue weighted by Gasteiger charge is 2.19. The molecule has 0 saturated heterocycles. The number of rotatable bonds is 12. The lowest BCUT2D eigenvalue weighted by Crippen LogP contribution is -2.30. The zero-order chi connectivity index (χ0) is 28.5. The van der Waals surface area contributed by atoms with Gasteiger partial charge in [0.2, 0.25) is 0 Å². The van der Waals surface area contributed by atoms with Crippen molar-refractivity contribution in [2.45, 2.75) is 6.10 Å². The number of phenolic OH excluding ortho intramolecular Hbond substituents is 2. The predicted octanol–water partition coefficient (Wildman–Crippen LogP) is 5.12. The summed E-state index contributed by atoms with van der Waals surface area (Å²) in [6.07, 6.45) is 0.101. The van der Waals surface area contributed by atoms with Gasteiger partial charge in [-0.3, -0.25) is 9.59 Å². The first-order valence-corrected chi connectivity index (χ1v) is 12.3. The molecule has 0 heterocycles. The maximum atomic E-state index is 12.7. The maximum absolute atomic E-state index is 12.7. The van der Waals surface area contributed by atoms with Crippen molar-refractivity contribution in [1.82, 2.24) is 0 Å². The fourth-order valence-corrected chi connectivity index (χ4v) is 3.78. The standard InChI is InChI=1S/C32H26O8/c1-2-30(35)40-25(19-38-23-13-15-26(28(33)17-23)31(36)21-9-5-3-6-10-21)20-39-24-14-16-27(29(34)18-24)32(37)22-11-7-4-8-12-22/h2-18,25,33-34H,1,19-20H2. The first-order chi connectivity index (χ1) is 19.4. The lowest BCUT2D eigenvalue weighted by molar-refractivity contribution is -0.146. The van der Waals surface area contributed by atoms with Crippen LogP contribution in [0.25, 0.3) is 0 Å². The first-order valence-electron chi connectivity index (χ1n) is 12.3. The minimum absolute atomic E-state index is 0.116. The molecule has 8 nitrogen and oxygen atoms in total. The van der Waals surface area contributed by atoms with Crippen LogP contribution in [0.3, 0.4) is 0 Å². The summed E-state index contributed by atoms with van der Waals surface area (Å²) in [4.78, 5) is 37.2. The van der Waals surface area contributed by atoms with E-state index in [2.05, 4.69) is 6.58 Å². The van der Waals surface area contributed by atoms with E-state index < -0.39 is 12.1 Å². The van der Waals surface area contributed by atoms with Crippen molar-refractivity contribution in [3.63, 3.8) is 0 Å².